The van der Waals surface area contributed by atoms with Gasteiger partial charge in [0.25, 0.3) is 0 Å². The van der Waals surface area contributed by atoms with E-state index < -0.39 is 18.6 Å². The van der Waals surface area contributed by atoms with Crippen molar-refractivity contribution < 1.29 is 9.90 Å². The van der Waals surface area contributed by atoms with Gasteiger partial charge in [0.2, 0.25) is 3.79 Å². The number of aliphatic hydroxyl groups is 1. The normalized spacial score (nSPS) is 28.4. The van der Waals surface area contributed by atoms with Gasteiger partial charge >= 0.3 is 0 Å². The smallest absolute Gasteiger partial charge is 0.215 e. The molecule has 0 fully saturated rings. The zero-order valence-electron chi connectivity index (χ0n) is 7.16. The molecule has 2 nitrogen and oxygen atoms in total. The quantitative estimate of drug-likeness (QED) is 0.568. The van der Waals surface area contributed by atoms with E-state index in [2.05, 4.69) is 0 Å². The van der Waals surface area contributed by atoms with E-state index in [0.29, 0.717) is 0 Å². The first kappa shape index (κ1) is 15.5. The third-order valence-corrected chi connectivity index (χ3v) is 4.23. The average molecular weight is 367 g/mol. The van der Waals surface area contributed by atoms with Crippen molar-refractivity contribution in [3.05, 3.63) is 11.1 Å². The lowest BCUT2D eigenvalue weighted by molar-refractivity contribution is -0.105. The largest absolute Gasteiger partial charge is 0.386 e. The lowest BCUT2D eigenvalue weighted by Gasteiger charge is -2.27. The number of hydrogen-bond donors (Lipinski definition) is 1. The van der Waals surface area contributed by atoms with Gasteiger partial charge in [-0.25, -0.2) is 0 Å². The minimum absolute atomic E-state index is 0.243. The Morgan fingerprint density at radius 1 is 1.12 bits per heavy atom. The van der Waals surface area contributed by atoms with Crippen LogP contribution in [0.4, 0.5) is 0 Å². The third kappa shape index (κ3) is 2.28. The molecule has 0 aliphatic heterocycles. The molecule has 1 rings (SSSR count). The lowest BCUT2D eigenvalue weighted by Crippen LogP contribution is -2.40. The molecule has 0 saturated heterocycles. The van der Waals surface area contributed by atoms with Crippen LogP contribution in [0.3, 0.4) is 0 Å². The number of alkyl halides is 7. The van der Waals surface area contributed by atoms with Gasteiger partial charge in [0, 0.05) is 11.1 Å². The Morgan fingerprint density at radius 2 is 1.56 bits per heavy atom. The number of rotatable bonds is 1. The van der Waals surface area contributed by atoms with Crippen molar-refractivity contribution in [3.8, 4) is 0 Å². The molecule has 0 aromatic rings. The van der Waals surface area contributed by atoms with Crippen LogP contribution in [-0.2, 0) is 4.79 Å². The van der Waals surface area contributed by atoms with E-state index in [4.69, 9.17) is 81.2 Å². The van der Waals surface area contributed by atoms with Gasteiger partial charge in [-0.2, -0.15) is 0 Å². The van der Waals surface area contributed by atoms with Crippen LogP contribution in [0, 0.1) is 0 Å². The van der Waals surface area contributed by atoms with Crippen molar-refractivity contribution >= 4 is 87.5 Å². The summed E-state index contributed by atoms with van der Waals surface area (Å²) in [5.74, 6) is 0. The highest BCUT2D eigenvalue weighted by atomic mass is 35.6. The molecule has 0 aromatic carbocycles. The minimum atomic E-state index is -2.10. The molecule has 0 bridgehead atoms. The van der Waals surface area contributed by atoms with Gasteiger partial charge in [0.05, 0.1) is 0 Å². The molecule has 0 amide bonds. The summed E-state index contributed by atoms with van der Waals surface area (Å²) in [6, 6.07) is 0. The fraction of sp³-hybridized carbons (Fsp3) is 0.571. The monoisotopic (exact) mass is 364 g/mol. The maximum atomic E-state index is 10.9. The lowest BCUT2D eigenvalue weighted by atomic mass is 10.2. The van der Waals surface area contributed by atoms with Crippen molar-refractivity contribution in [3.63, 3.8) is 0 Å². The Bertz CT molecular complexity index is 354. The first-order valence-corrected chi connectivity index (χ1v) is 6.33. The van der Waals surface area contributed by atoms with Crippen LogP contribution in [0.5, 0.6) is 0 Å². The molecule has 0 spiro atoms. The van der Waals surface area contributed by atoms with Crippen LogP contribution < -0.4 is 0 Å². The van der Waals surface area contributed by atoms with Gasteiger partial charge in [-0.15, -0.1) is 0 Å². The van der Waals surface area contributed by atoms with E-state index in [9.17, 15) is 9.90 Å². The Kier molecular flexibility index (Phi) is 4.35. The number of carbonyl (C=O) groups is 1. The summed E-state index contributed by atoms with van der Waals surface area (Å²) in [4.78, 5) is 10.9. The number of hydrogen-bond acceptors (Lipinski definition) is 2. The maximum Gasteiger partial charge on any atom is 0.215 e. The van der Waals surface area contributed by atoms with Gasteiger partial charge in [0.1, 0.15) is 12.4 Å². The van der Waals surface area contributed by atoms with Gasteiger partial charge in [-0.05, 0) is 0 Å². The highest BCUT2D eigenvalue weighted by molar-refractivity contribution is 6.72. The summed E-state index contributed by atoms with van der Waals surface area (Å²) in [7, 11) is 0. The van der Waals surface area contributed by atoms with E-state index in [1.165, 1.54) is 0 Å². The van der Waals surface area contributed by atoms with E-state index in [0.717, 1.165) is 0 Å². The van der Waals surface area contributed by atoms with Crippen LogP contribution in [0.2, 0.25) is 0 Å². The molecule has 1 aliphatic rings. The van der Waals surface area contributed by atoms with Crippen LogP contribution in [0.15, 0.2) is 11.1 Å². The summed E-state index contributed by atoms with van der Waals surface area (Å²) in [6.07, 6.45) is -1.45. The van der Waals surface area contributed by atoms with Gasteiger partial charge < -0.3 is 5.11 Å². The Morgan fingerprint density at radius 3 is 1.81 bits per heavy atom. The Balaban J connectivity index is 3.54. The average Bonchev–Trinajstić information content (AvgIpc) is 2.21. The predicted molar refractivity (Wildman–Crippen MR) is 68.3 cm³/mol. The topological polar surface area (TPSA) is 37.3 Å². The van der Waals surface area contributed by atoms with E-state index in [1.54, 1.807) is 0 Å². The van der Waals surface area contributed by atoms with Gasteiger partial charge in [-0.1, -0.05) is 81.2 Å². The Labute approximate surface area is 126 Å². The summed E-state index contributed by atoms with van der Waals surface area (Å²) in [5, 5.41) is 9.72. The minimum Gasteiger partial charge on any atom is -0.386 e. The van der Waals surface area contributed by atoms with Crippen molar-refractivity contribution in [1.82, 2.24) is 0 Å². The molecule has 1 atom stereocenters. The molecule has 0 radical (unpaired) electrons. The van der Waals surface area contributed by atoms with Crippen LogP contribution in [-0.4, -0.2) is 30.0 Å². The fourth-order valence-corrected chi connectivity index (χ4v) is 4.02. The molecule has 0 heterocycles. The fourth-order valence-electron chi connectivity index (χ4n) is 1.34. The predicted octanol–water partition coefficient (Wildman–Crippen LogP) is 3.57. The number of aldehydes is 1. The number of aliphatic hydroxyl groups excluding tert-OH is 1. The van der Waals surface area contributed by atoms with E-state index in [-0.39, 0.29) is 17.4 Å². The van der Waals surface area contributed by atoms with Gasteiger partial charge in [-0.3, -0.25) is 4.79 Å². The second kappa shape index (κ2) is 4.50. The summed E-state index contributed by atoms with van der Waals surface area (Å²) >= 11 is 39.9. The van der Waals surface area contributed by atoms with Crippen molar-refractivity contribution in [1.29, 1.82) is 0 Å². The maximum absolute atomic E-state index is 10.9. The molecule has 9 heteroatoms. The van der Waals surface area contributed by atoms with E-state index in [1.807, 2.05) is 0 Å². The molecular formula is C7H3Cl7O2. The molecular weight excluding hydrogens is 364 g/mol. The second-order valence-electron chi connectivity index (χ2n) is 3.05. The van der Waals surface area contributed by atoms with Crippen molar-refractivity contribution in [2.45, 2.75) is 18.6 Å². The molecule has 16 heavy (non-hydrogen) atoms. The summed E-state index contributed by atoms with van der Waals surface area (Å²) < 4.78 is -6.18. The summed E-state index contributed by atoms with van der Waals surface area (Å²) in [5.41, 5.74) is -0.700. The number of carbonyl (C=O) groups excluding carboxylic acids is 1. The summed E-state index contributed by atoms with van der Waals surface area (Å²) in [6.45, 7) is 0. The van der Waals surface area contributed by atoms with Crippen LogP contribution in [0.25, 0.3) is 0 Å². The number of halogens is 7. The first-order chi connectivity index (χ1) is 6.97. The SMILES string of the molecule is O=CC1=C(C(Cl)(Cl)Cl)C(Cl)(Cl)C(O)C1(Cl)Cl. The standard InChI is InChI=1S/C7H3Cl7O2/c8-5(9)2(1-15)3(7(12,13)14)6(10,11)4(5)16/h1,4,16H. The molecule has 1 N–H and O–H groups in total. The van der Waals surface area contributed by atoms with Gasteiger partial charge in [0.15, 0.2) is 8.67 Å². The highest BCUT2D eigenvalue weighted by Crippen LogP contribution is 2.59. The van der Waals surface area contributed by atoms with Crippen molar-refractivity contribution in [2.24, 2.45) is 0 Å². The molecule has 1 unspecified atom stereocenters. The molecule has 1 aliphatic carbocycles. The second-order valence-corrected chi connectivity index (χ2v) is 8.11. The zero-order valence-corrected chi connectivity index (χ0v) is 12.4. The van der Waals surface area contributed by atoms with Crippen LogP contribution >= 0.6 is 81.2 Å². The van der Waals surface area contributed by atoms with E-state index >= 15 is 0 Å². The zero-order chi connectivity index (χ0) is 12.9. The molecule has 92 valence electrons. The Hall–Kier alpha value is 1.40. The first-order valence-electron chi connectivity index (χ1n) is 3.68. The van der Waals surface area contributed by atoms with Crippen molar-refractivity contribution in [2.75, 3.05) is 0 Å². The highest BCUT2D eigenvalue weighted by Gasteiger charge is 2.63. The molecule has 0 aromatic heterocycles. The molecule has 0 saturated carbocycles. The third-order valence-electron chi connectivity index (χ3n) is 2.05. The van der Waals surface area contributed by atoms with Crippen LogP contribution in [0.1, 0.15) is 0 Å².